The normalized spacial score (nSPS) is 16.4. The monoisotopic (exact) mass is 392 g/mol. The number of aromatic nitrogens is 1. The molecule has 4 nitrogen and oxygen atoms in total. The van der Waals surface area contributed by atoms with E-state index in [2.05, 4.69) is 0 Å². The van der Waals surface area contributed by atoms with Crippen LogP contribution in [0.1, 0.15) is 30.8 Å². The predicted octanol–water partition coefficient (Wildman–Crippen LogP) is 5.33. The van der Waals surface area contributed by atoms with Crippen LogP contribution in [0.3, 0.4) is 0 Å². The van der Waals surface area contributed by atoms with E-state index in [1.807, 2.05) is 38.3 Å². The minimum atomic E-state index is -0.472. The summed E-state index contributed by atoms with van der Waals surface area (Å²) >= 11 is 6.85. The topological polar surface area (TPSA) is 42.3 Å². The molecule has 1 aromatic carbocycles. The molecule has 26 heavy (non-hydrogen) atoms. The van der Waals surface area contributed by atoms with Crippen molar-refractivity contribution in [2.24, 2.45) is 0 Å². The third kappa shape index (κ3) is 3.19. The van der Waals surface area contributed by atoms with Crippen LogP contribution >= 0.6 is 23.4 Å². The number of benzene rings is 1. The van der Waals surface area contributed by atoms with E-state index in [1.165, 1.54) is 11.0 Å². The van der Waals surface area contributed by atoms with Crippen molar-refractivity contribution in [3.63, 3.8) is 0 Å². The maximum absolute atomic E-state index is 13.4. The smallest absolute Gasteiger partial charge is 0.293 e. The van der Waals surface area contributed by atoms with E-state index in [1.54, 1.807) is 18.2 Å². The zero-order valence-corrected chi connectivity index (χ0v) is 16.4. The van der Waals surface area contributed by atoms with Crippen molar-refractivity contribution in [2.45, 2.75) is 33.7 Å². The van der Waals surface area contributed by atoms with E-state index < -0.39 is 5.82 Å². The van der Waals surface area contributed by atoms with Crippen LogP contribution in [-0.4, -0.2) is 26.7 Å². The molecule has 1 saturated heterocycles. The van der Waals surface area contributed by atoms with Gasteiger partial charge >= 0.3 is 0 Å². The molecule has 1 aliphatic heterocycles. The zero-order valence-electron chi connectivity index (χ0n) is 14.8. The van der Waals surface area contributed by atoms with Gasteiger partial charge in [0.25, 0.3) is 11.1 Å². The SMILES string of the molecule is Cc1cc(/C=C2/SC(=O)N(C(C)C)C2=O)c(C)n1-c1ccc(F)c(Cl)c1. The Bertz CT molecular complexity index is 949. The molecule has 0 N–H and O–H groups in total. The molecule has 2 aromatic rings. The van der Waals surface area contributed by atoms with Crippen molar-refractivity contribution in [3.8, 4) is 5.69 Å². The summed E-state index contributed by atoms with van der Waals surface area (Å²) in [6.45, 7) is 7.44. The Morgan fingerprint density at radius 3 is 2.46 bits per heavy atom. The third-order valence-electron chi connectivity index (χ3n) is 4.26. The molecule has 1 aliphatic rings. The van der Waals surface area contributed by atoms with Crippen LogP contribution in [0.2, 0.25) is 5.02 Å². The lowest BCUT2D eigenvalue weighted by atomic mass is 10.2. The number of hydrogen-bond donors (Lipinski definition) is 0. The number of rotatable bonds is 3. The summed E-state index contributed by atoms with van der Waals surface area (Å²) in [4.78, 5) is 26.2. The van der Waals surface area contributed by atoms with Crippen LogP contribution in [0, 0.1) is 19.7 Å². The van der Waals surface area contributed by atoms with Gasteiger partial charge in [-0.1, -0.05) is 11.6 Å². The van der Waals surface area contributed by atoms with Crippen molar-refractivity contribution in [1.82, 2.24) is 9.47 Å². The average Bonchev–Trinajstić information content (AvgIpc) is 2.99. The Morgan fingerprint density at radius 1 is 1.19 bits per heavy atom. The van der Waals surface area contributed by atoms with Gasteiger partial charge in [-0.15, -0.1) is 0 Å². The number of halogens is 2. The number of amides is 2. The van der Waals surface area contributed by atoms with Gasteiger partial charge in [-0.3, -0.25) is 14.5 Å². The van der Waals surface area contributed by atoms with Crippen molar-refractivity contribution >= 4 is 40.6 Å². The molecular weight excluding hydrogens is 375 g/mol. The Balaban J connectivity index is 2.02. The van der Waals surface area contributed by atoms with Crippen LogP contribution in [0.15, 0.2) is 29.2 Å². The van der Waals surface area contributed by atoms with Crippen molar-refractivity contribution in [3.05, 3.63) is 57.0 Å². The standard InChI is InChI=1S/C19H18ClFN2O2S/c1-10(2)22-18(24)17(26-19(22)25)8-13-7-11(3)23(12(13)4)14-5-6-16(21)15(20)9-14/h5-10H,1-4H3/b17-8+. The summed E-state index contributed by atoms with van der Waals surface area (Å²) in [7, 11) is 0. The van der Waals surface area contributed by atoms with Gasteiger partial charge < -0.3 is 4.57 Å². The molecule has 136 valence electrons. The number of thioether (sulfide) groups is 1. The van der Waals surface area contributed by atoms with E-state index in [-0.39, 0.29) is 22.2 Å². The van der Waals surface area contributed by atoms with E-state index in [9.17, 15) is 14.0 Å². The first-order chi connectivity index (χ1) is 12.2. The van der Waals surface area contributed by atoms with Crippen LogP contribution in [0.4, 0.5) is 9.18 Å². The van der Waals surface area contributed by atoms with E-state index in [0.29, 0.717) is 4.91 Å². The molecular formula is C19H18ClFN2O2S. The lowest BCUT2D eigenvalue weighted by molar-refractivity contribution is -0.123. The van der Waals surface area contributed by atoms with Crippen molar-refractivity contribution < 1.29 is 14.0 Å². The van der Waals surface area contributed by atoms with Crippen LogP contribution in [0.25, 0.3) is 11.8 Å². The quantitative estimate of drug-likeness (QED) is 0.663. The second kappa shape index (κ2) is 6.93. The molecule has 0 unspecified atom stereocenters. The number of carbonyl (C=O) groups is 2. The lowest BCUT2D eigenvalue weighted by Crippen LogP contribution is -2.34. The third-order valence-corrected chi connectivity index (χ3v) is 5.43. The van der Waals surface area contributed by atoms with Gasteiger partial charge in [-0.05, 0) is 75.4 Å². The Kier molecular flexibility index (Phi) is 4.99. The molecule has 0 spiro atoms. The summed E-state index contributed by atoms with van der Waals surface area (Å²) in [5.41, 5.74) is 3.36. The molecule has 0 bridgehead atoms. The fourth-order valence-corrected chi connectivity index (χ4v) is 4.15. The molecule has 0 saturated carbocycles. The summed E-state index contributed by atoms with van der Waals surface area (Å²) in [5.74, 6) is -0.745. The number of imide groups is 1. The summed E-state index contributed by atoms with van der Waals surface area (Å²) in [6.07, 6.45) is 1.73. The van der Waals surface area contributed by atoms with Gasteiger partial charge in [0.15, 0.2) is 0 Å². The number of nitrogens with zero attached hydrogens (tertiary/aromatic N) is 2. The molecule has 0 aliphatic carbocycles. The molecule has 0 atom stereocenters. The maximum atomic E-state index is 13.4. The zero-order chi connectivity index (χ0) is 19.2. The van der Waals surface area contributed by atoms with Crippen LogP contribution in [-0.2, 0) is 4.79 Å². The summed E-state index contributed by atoms with van der Waals surface area (Å²) in [5, 5.41) is -0.204. The second-order valence-corrected chi connectivity index (χ2v) is 7.81. The highest BCUT2D eigenvalue weighted by Gasteiger charge is 2.36. The van der Waals surface area contributed by atoms with E-state index in [0.717, 1.165) is 34.4 Å². The predicted molar refractivity (Wildman–Crippen MR) is 103 cm³/mol. The Hall–Kier alpha value is -2.05. The van der Waals surface area contributed by atoms with Crippen LogP contribution in [0.5, 0.6) is 0 Å². The Labute approximate surface area is 160 Å². The van der Waals surface area contributed by atoms with Crippen molar-refractivity contribution in [1.29, 1.82) is 0 Å². The average molecular weight is 393 g/mol. The highest BCUT2D eigenvalue weighted by atomic mass is 35.5. The minimum absolute atomic E-state index is 0.0506. The molecule has 0 radical (unpaired) electrons. The number of hydrogen-bond acceptors (Lipinski definition) is 3. The highest BCUT2D eigenvalue weighted by Crippen LogP contribution is 2.35. The van der Waals surface area contributed by atoms with Gasteiger partial charge in [0.1, 0.15) is 5.82 Å². The minimum Gasteiger partial charge on any atom is -0.318 e. The number of carbonyl (C=O) groups excluding carboxylic acids is 2. The van der Waals surface area contributed by atoms with Gasteiger partial charge in [-0.2, -0.15) is 0 Å². The largest absolute Gasteiger partial charge is 0.318 e. The van der Waals surface area contributed by atoms with Crippen LogP contribution < -0.4 is 0 Å². The lowest BCUT2D eigenvalue weighted by Gasteiger charge is -2.16. The molecule has 2 heterocycles. The molecule has 1 aromatic heterocycles. The fraction of sp³-hybridized carbons (Fsp3) is 0.263. The van der Waals surface area contributed by atoms with Gasteiger partial charge in [0.05, 0.1) is 9.93 Å². The Morgan fingerprint density at radius 2 is 1.88 bits per heavy atom. The van der Waals surface area contributed by atoms with Gasteiger partial charge in [-0.25, -0.2) is 4.39 Å². The first kappa shape index (κ1) is 18.7. The maximum Gasteiger partial charge on any atom is 0.293 e. The van der Waals surface area contributed by atoms with Gasteiger partial charge in [0, 0.05) is 23.1 Å². The van der Waals surface area contributed by atoms with E-state index in [4.69, 9.17) is 11.6 Å². The number of aryl methyl sites for hydroxylation is 1. The second-order valence-electron chi connectivity index (χ2n) is 6.41. The molecule has 3 rings (SSSR count). The first-order valence-corrected chi connectivity index (χ1v) is 9.31. The molecule has 1 fully saturated rings. The summed E-state index contributed by atoms with van der Waals surface area (Å²) in [6, 6.07) is 6.28. The van der Waals surface area contributed by atoms with Gasteiger partial charge in [0.2, 0.25) is 0 Å². The summed E-state index contributed by atoms with van der Waals surface area (Å²) < 4.78 is 15.4. The highest BCUT2D eigenvalue weighted by molar-refractivity contribution is 8.18. The molecule has 2 amide bonds. The first-order valence-electron chi connectivity index (χ1n) is 8.12. The molecule has 7 heteroatoms. The van der Waals surface area contributed by atoms with E-state index >= 15 is 0 Å². The fourth-order valence-electron chi connectivity index (χ4n) is 3.02. The van der Waals surface area contributed by atoms with Crippen molar-refractivity contribution in [2.75, 3.05) is 0 Å².